The van der Waals surface area contributed by atoms with E-state index in [2.05, 4.69) is 43.8 Å². The molecule has 0 atom stereocenters. The summed E-state index contributed by atoms with van der Waals surface area (Å²) in [4.78, 5) is 0. The smallest absolute Gasteiger partial charge is 0.172 e. The molecule has 1 heterocycles. The fourth-order valence-corrected chi connectivity index (χ4v) is 5.02. The van der Waals surface area contributed by atoms with Crippen molar-refractivity contribution in [3.05, 3.63) is 29.6 Å². The van der Waals surface area contributed by atoms with Crippen LogP contribution in [0.2, 0.25) is 0 Å². The highest BCUT2D eigenvalue weighted by molar-refractivity contribution is 5.21. The molecule has 1 aromatic heterocycles. The van der Waals surface area contributed by atoms with Crippen LogP contribution in [0.5, 0.6) is 0 Å². The summed E-state index contributed by atoms with van der Waals surface area (Å²) in [6.07, 6.45) is 37.1. The van der Waals surface area contributed by atoms with Crippen LogP contribution >= 0.6 is 0 Å². The highest BCUT2D eigenvalue weighted by atomic mass is 14.9. The second-order valence-corrected chi connectivity index (χ2v) is 10.6. The van der Waals surface area contributed by atoms with Gasteiger partial charge < -0.3 is 0 Å². The third-order valence-electron chi connectivity index (χ3n) is 7.32. The van der Waals surface area contributed by atoms with Gasteiger partial charge in [0.2, 0.25) is 0 Å². The minimum atomic E-state index is 1.20. The molecule has 1 nitrogen and oxygen atoms in total. The fourth-order valence-electron chi connectivity index (χ4n) is 5.02. The molecule has 0 aliphatic carbocycles. The Bertz CT molecular complexity index is 535. The van der Waals surface area contributed by atoms with Gasteiger partial charge in [0.15, 0.2) is 12.4 Å². The van der Waals surface area contributed by atoms with Gasteiger partial charge >= 0.3 is 0 Å². The zero-order chi connectivity index (χ0) is 23.8. The van der Waals surface area contributed by atoms with Gasteiger partial charge in [-0.2, -0.15) is 0 Å². The number of unbranched alkanes of at least 4 members (excludes halogenated alkanes) is 18. The van der Waals surface area contributed by atoms with Crippen LogP contribution in [0.15, 0.2) is 18.5 Å². The molecule has 0 bridgehead atoms. The largest absolute Gasteiger partial charge is 0.205 e. The van der Waals surface area contributed by atoms with Gasteiger partial charge in [0.1, 0.15) is 6.54 Å². The summed E-state index contributed by atoms with van der Waals surface area (Å²) in [6, 6.07) is 2.43. The predicted molar refractivity (Wildman–Crippen MR) is 148 cm³/mol. The Labute approximate surface area is 209 Å². The molecule has 0 fully saturated rings. The molecule has 0 spiro atoms. The minimum Gasteiger partial charge on any atom is -0.205 e. The van der Waals surface area contributed by atoms with Crippen LogP contribution < -0.4 is 4.57 Å². The fraction of sp³-hybridized carbons (Fsp3) is 0.844. The molecule has 0 aliphatic heterocycles. The van der Waals surface area contributed by atoms with E-state index in [1.165, 1.54) is 154 Å². The van der Waals surface area contributed by atoms with Crippen molar-refractivity contribution in [2.75, 3.05) is 0 Å². The number of aromatic nitrogens is 1. The number of hydrogen-bond acceptors (Lipinski definition) is 0. The first kappa shape index (κ1) is 30.2. The average molecular weight is 459 g/mol. The van der Waals surface area contributed by atoms with E-state index in [0.29, 0.717) is 0 Å². The van der Waals surface area contributed by atoms with E-state index in [1.54, 1.807) is 11.1 Å². The first-order chi connectivity index (χ1) is 16.3. The Morgan fingerprint density at radius 2 is 0.848 bits per heavy atom. The van der Waals surface area contributed by atoms with Gasteiger partial charge in [-0.3, -0.25) is 0 Å². The molecular formula is C32H60N+. The van der Waals surface area contributed by atoms with Gasteiger partial charge in [-0.1, -0.05) is 130 Å². The normalized spacial score (nSPS) is 11.4. The summed E-state index contributed by atoms with van der Waals surface area (Å²) >= 11 is 0. The monoisotopic (exact) mass is 458 g/mol. The van der Waals surface area contributed by atoms with Crippen LogP contribution in [0.1, 0.15) is 167 Å². The van der Waals surface area contributed by atoms with Crippen molar-refractivity contribution in [1.29, 1.82) is 0 Å². The Balaban J connectivity index is 2.10. The summed E-state index contributed by atoms with van der Waals surface area (Å²) in [5.41, 5.74) is 3.25. The summed E-state index contributed by atoms with van der Waals surface area (Å²) in [7, 11) is 0. The van der Waals surface area contributed by atoms with E-state index in [0.717, 1.165) is 0 Å². The van der Waals surface area contributed by atoms with Crippen molar-refractivity contribution in [2.24, 2.45) is 0 Å². The average Bonchev–Trinajstić information content (AvgIpc) is 2.83. The van der Waals surface area contributed by atoms with Crippen LogP contribution in [0.4, 0.5) is 0 Å². The lowest BCUT2D eigenvalue weighted by molar-refractivity contribution is -0.697. The van der Waals surface area contributed by atoms with Crippen LogP contribution in [0.25, 0.3) is 0 Å². The number of rotatable bonds is 24. The van der Waals surface area contributed by atoms with Gasteiger partial charge in [0.25, 0.3) is 0 Å². The summed E-state index contributed by atoms with van der Waals surface area (Å²) in [5.74, 6) is 0. The number of aryl methyl sites for hydroxylation is 3. The molecule has 0 N–H and O–H groups in total. The van der Waals surface area contributed by atoms with Gasteiger partial charge in [0.05, 0.1) is 0 Å². The maximum Gasteiger partial charge on any atom is 0.172 e. The second kappa shape index (κ2) is 22.9. The minimum absolute atomic E-state index is 1.20. The van der Waals surface area contributed by atoms with Crippen molar-refractivity contribution in [3.8, 4) is 0 Å². The Morgan fingerprint density at radius 1 is 0.455 bits per heavy atom. The van der Waals surface area contributed by atoms with E-state index in [4.69, 9.17) is 0 Å². The summed E-state index contributed by atoms with van der Waals surface area (Å²) in [6.45, 7) is 8.12. The predicted octanol–water partition coefficient (Wildman–Crippen LogP) is 10.3. The van der Waals surface area contributed by atoms with Gasteiger partial charge in [-0.05, 0) is 37.7 Å². The lowest BCUT2D eigenvalue weighted by atomic mass is 9.99. The summed E-state index contributed by atoms with van der Waals surface area (Å²) < 4.78 is 2.48. The first-order valence-corrected chi connectivity index (χ1v) is 15.3. The van der Waals surface area contributed by atoms with Crippen molar-refractivity contribution in [3.63, 3.8) is 0 Å². The Hall–Kier alpha value is -0.850. The van der Waals surface area contributed by atoms with Crippen LogP contribution in [0.3, 0.4) is 0 Å². The quantitative estimate of drug-likeness (QED) is 0.107. The van der Waals surface area contributed by atoms with Crippen LogP contribution in [-0.4, -0.2) is 0 Å². The highest BCUT2D eigenvalue weighted by Crippen LogP contribution is 2.16. The van der Waals surface area contributed by atoms with Gasteiger partial charge in [0, 0.05) is 18.1 Å². The lowest BCUT2D eigenvalue weighted by Crippen LogP contribution is -2.33. The molecule has 0 radical (unpaired) electrons. The molecular weight excluding hydrogens is 398 g/mol. The van der Waals surface area contributed by atoms with E-state index in [1.807, 2.05) is 0 Å². The molecule has 0 aromatic carbocycles. The van der Waals surface area contributed by atoms with Crippen molar-refractivity contribution in [2.45, 2.75) is 175 Å². The van der Waals surface area contributed by atoms with Crippen LogP contribution in [-0.2, 0) is 19.4 Å². The Kier molecular flexibility index (Phi) is 21.0. The number of pyridine rings is 1. The summed E-state index contributed by atoms with van der Waals surface area (Å²) in [5, 5.41) is 0. The SMILES string of the molecule is CCCCCCCCCCCCCCCCC[n+]1ccc(CCCCC)c(CCCCC)c1. The van der Waals surface area contributed by atoms with Crippen molar-refractivity contribution >= 4 is 0 Å². The van der Waals surface area contributed by atoms with Gasteiger partial charge in [-0.25, -0.2) is 4.57 Å². The molecule has 0 saturated heterocycles. The molecule has 1 heteroatoms. The van der Waals surface area contributed by atoms with Gasteiger partial charge in [-0.15, -0.1) is 0 Å². The van der Waals surface area contributed by atoms with E-state index >= 15 is 0 Å². The zero-order valence-electron chi connectivity index (χ0n) is 23.1. The first-order valence-electron chi connectivity index (χ1n) is 15.3. The third-order valence-corrected chi connectivity index (χ3v) is 7.32. The zero-order valence-corrected chi connectivity index (χ0v) is 23.1. The molecule has 1 rings (SSSR count). The third kappa shape index (κ3) is 17.3. The maximum absolute atomic E-state index is 2.49. The van der Waals surface area contributed by atoms with E-state index < -0.39 is 0 Å². The molecule has 1 aromatic rings. The van der Waals surface area contributed by atoms with E-state index in [9.17, 15) is 0 Å². The second-order valence-electron chi connectivity index (χ2n) is 10.6. The number of nitrogens with zero attached hydrogens (tertiary/aromatic N) is 1. The van der Waals surface area contributed by atoms with E-state index in [-0.39, 0.29) is 0 Å². The molecule has 0 saturated carbocycles. The molecule has 0 aliphatic rings. The van der Waals surface area contributed by atoms with Crippen molar-refractivity contribution < 1.29 is 4.57 Å². The molecule has 33 heavy (non-hydrogen) atoms. The molecule has 0 unspecified atom stereocenters. The topological polar surface area (TPSA) is 3.88 Å². The standard InChI is InChI=1S/C32H60N/c1-4-7-10-11-12-13-14-15-16-17-18-19-20-21-24-28-33-29-27-31(25-22-8-5-2)32(30-33)26-23-9-6-3/h27,29-30H,4-26,28H2,1-3H3/q+1. The van der Waals surface area contributed by atoms with Crippen LogP contribution in [0, 0.1) is 0 Å². The maximum atomic E-state index is 2.49. The molecule has 0 amide bonds. The van der Waals surface area contributed by atoms with Crippen molar-refractivity contribution in [1.82, 2.24) is 0 Å². The lowest BCUT2D eigenvalue weighted by Gasteiger charge is -2.09. The molecule has 192 valence electrons. The highest BCUT2D eigenvalue weighted by Gasteiger charge is 2.09. The Morgan fingerprint density at radius 3 is 1.33 bits per heavy atom. The number of hydrogen-bond donors (Lipinski definition) is 0.